The van der Waals surface area contributed by atoms with Gasteiger partial charge in [-0.3, -0.25) is 9.36 Å². The highest BCUT2D eigenvalue weighted by Crippen LogP contribution is 2.35. The minimum absolute atomic E-state index is 0.116. The summed E-state index contributed by atoms with van der Waals surface area (Å²) in [6, 6.07) is 17.7. The van der Waals surface area contributed by atoms with Crippen LogP contribution >= 0.6 is 56.5 Å². The second-order valence-corrected chi connectivity index (χ2v) is 12.8. The van der Waals surface area contributed by atoms with E-state index in [2.05, 4.69) is 45.2 Å². The Labute approximate surface area is 283 Å². The van der Waals surface area contributed by atoms with Gasteiger partial charge in [-0.25, -0.2) is 19.0 Å². The number of halogens is 3. The molecule has 0 bridgehead atoms. The highest BCUT2D eigenvalue weighted by atomic mass is 127. The Balaban J connectivity index is 1.76. The second kappa shape index (κ2) is 14.2. The van der Waals surface area contributed by atoms with Crippen LogP contribution in [0.3, 0.4) is 0 Å². The number of hydrogen-bond donors (Lipinski definition) is 0. The third kappa shape index (κ3) is 6.81. The van der Waals surface area contributed by atoms with Gasteiger partial charge in [-0.15, -0.1) is 0 Å². The standard InChI is InChI=1S/C32H25FI2N2O6S/c1-3-41-25(38)17-43-29-20(14-22(34)16-23(29)35)15-24-30(39)37-28(19-10-12-21(33)13-11-19)26(31(40)42-4-2)27(36-32(37)44-24)18-8-6-5-7-9-18/h5-16,28H,3-4,17H2,1-2H3/b24-15-/t28-/m1/s1. The van der Waals surface area contributed by atoms with Crippen molar-refractivity contribution < 1.29 is 28.2 Å². The van der Waals surface area contributed by atoms with Crippen molar-refractivity contribution in [3.05, 3.63) is 122 Å². The predicted octanol–water partition coefficient (Wildman–Crippen LogP) is 5.23. The van der Waals surface area contributed by atoms with Crippen molar-refractivity contribution in [3.63, 3.8) is 0 Å². The van der Waals surface area contributed by atoms with Crippen molar-refractivity contribution in [2.45, 2.75) is 19.9 Å². The largest absolute Gasteiger partial charge is 0.480 e. The fourth-order valence-corrected chi connectivity index (χ4v) is 7.75. The third-order valence-corrected chi connectivity index (χ3v) is 8.93. The van der Waals surface area contributed by atoms with Crippen molar-refractivity contribution >= 4 is 80.2 Å². The average molecular weight is 838 g/mol. The number of rotatable bonds is 9. The summed E-state index contributed by atoms with van der Waals surface area (Å²) >= 11 is 5.44. The molecule has 4 aromatic rings. The highest BCUT2D eigenvalue weighted by molar-refractivity contribution is 14.1. The van der Waals surface area contributed by atoms with Crippen molar-refractivity contribution in [2.24, 2.45) is 4.99 Å². The number of nitrogens with zero attached hydrogens (tertiary/aromatic N) is 2. The van der Waals surface area contributed by atoms with Crippen LogP contribution in [0.4, 0.5) is 4.39 Å². The summed E-state index contributed by atoms with van der Waals surface area (Å²) in [6.07, 6.45) is 1.69. The van der Waals surface area contributed by atoms with Gasteiger partial charge in [0.2, 0.25) is 0 Å². The van der Waals surface area contributed by atoms with Gasteiger partial charge in [0.25, 0.3) is 5.56 Å². The van der Waals surface area contributed by atoms with Gasteiger partial charge >= 0.3 is 11.9 Å². The van der Waals surface area contributed by atoms with Crippen LogP contribution in [0.2, 0.25) is 0 Å². The lowest BCUT2D eigenvalue weighted by Crippen LogP contribution is -2.40. The second-order valence-electron chi connectivity index (χ2n) is 9.38. The zero-order valence-corrected chi connectivity index (χ0v) is 28.6. The molecular formula is C32H25FI2N2O6S. The molecule has 0 aliphatic carbocycles. The van der Waals surface area contributed by atoms with E-state index in [4.69, 9.17) is 19.2 Å². The lowest BCUT2D eigenvalue weighted by Gasteiger charge is -2.25. The molecule has 0 unspecified atom stereocenters. The molecule has 0 amide bonds. The SMILES string of the molecule is CCOC(=O)COc1c(I)cc(I)cc1/C=c1\sc2n(c1=O)[C@H](c1ccc(F)cc1)C(C(=O)OCC)=C(c1ccccc1)N=2. The molecule has 5 rings (SSSR count). The number of hydrogen-bond acceptors (Lipinski definition) is 8. The molecule has 1 aliphatic heterocycles. The number of aromatic nitrogens is 1. The molecule has 12 heteroatoms. The molecule has 3 aromatic carbocycles. The van der Waals surface area contributed by atoms with Gasteiger partial charge in [-0.05, 0) is 94.9 Å². The van der Waals surface area contributed by atoms with Gasteiger partial charge in [-0.2, -0.15) is 0 Å². The first-order valence-corrected chi connectivity index (χ1v) is 16.5. The Morgan fingerprint density at radius 2 is 1.73 bits per heavy atom. The summed E-state index contributed by atoms with van der Waals surface area (Å²) in [7, 11) is 0. The molecule has 0 fully saturated rings. The van der Waals surface area contributed by atoms with E-state index in [1.165, 1.54) is 16.7 Å². The number of esters is 2. The Morgan fingerprint density at radius 1 is 1.02 bits per heavy atom. The summed E-state index contributed by atoms with van der Waals surface area (Å²) in [4.78, 5) is 45.0. The molecule has 0 N–H and O–H groups in total. The van der Waals surface area contributed by atoms with Crippen molar-refractivity contribution in [3.8, 4) is 5.75 Å². The first-order valence-electron chi connectivity index (χ1n) is 13.5. The minimum atomic E-state index is -0.932. The quantitative estimate of drug-likeness (QED) is 0.170. The average Bonchev–Trinajstić information content (AvgIpc) is 3.31. The number of benzene rings is 3. The molecule has 8 nitrogen and oxygen atoms in total. The zero-order valence-electron chi connectivity index (χ0n) is 23.5. The van der Waals surface area contributed by atoms with Crippen LogP contribution in [-0.4, -0.2) is 36.3 Å². The molecule has 44 heavy (non-hydrogen) atoms. The molecule has 0 spiro atoms. The van der Waals surface area contributed by atoms with Crippen molar-refractivity contribution in [1.29, 1.82) is 0 Å². The van der Waals surface area contributed by atoms with Crippen LogP contribution in [0.5, 0.6) is 5.75 Å². The number of carbonyl (C=O) groups excluding carboxylic acids is 2. The minimum Gasteiger partial charge on any atom is -0.480 e. The Kier molecular flexibility index (Phi) is 10.3. The van der Waals surface area contributed by atoms with E-state index in [0.29, 0.717) is 37.5 Å². The third-order valence-electron chi connectivity index (χ3n) is 6.52. The van der Waals surface area contributed by atoms with E-state index >= 15 is 0 Å². The molecule has 0 saturated heterocycles. The van der Waals surface area contributed by atoms with E-state index in [1.807, 2.05) is 42.5 Å². The van der Waals surface area contributed by atoms with Crippen molar-refractivity contribution in [2.75, 3.05) is 19.8 Å². The maximum absolute atomic E-state index is 14.2. The summed E-state index contributed by atoms with van der Waals surface area (Å²) in [5, 5.41) is 0. The molecule has 1 atom stereocenters. The molecule has 1 aromatic heterocycles. The van der Waals surface area contributed by atoms with Crippen LogP contribution < -0.4 is 19.6 Å². The van der Waals surface area contributed by atoms with Crippen LogP contribution in [0.25, 0.3) is 11.8 Å². The number of ether oxygens (including phenoxy) is 3. The fourth-order valence-electron chi connectivity index (χ4n) is 4.72. The highest BCUT2D eigenvalue weighted by Gasteiger charge is 2.35. The van der Waals surface area contributed by atoms with Gasteiger partial charge in [0.1, 0.15) is 11.6 Å². The predicted molar refractivity (Wildman–Crippen MR) is 181 cm³/mol. The lowest BCUT2D eigenvalue weighted by atomic mass is 9.93. The summed E-state index contributed by atoms with van der Waals surface area (Å²) in [6.45, 7) is 3.47. The normalized spacial score (nSPS) is 14.6. The van der Waals surface area contributed by atoms with Crippen LogP contribution in [-0.2, 0) is 19.1 Å². The van der Waals surface area contributed by atoms with E-state index in [1.54, 1.807) is 32.1 Å². The van der Waals surface area contributed by atoms with Gasteiger partial charge in [-0.1, -0.05) is 53.8 Å². The van der Waals surface area contributed by atoms with Crippen LogP contribution in [0.15, 0.2) is 82.1 Å². The molecule has 2 heterocycles. The molecule has 1 aliphatic rings. The van der Waals surface area contributed by atoms with E-state index in [-0.39, 0.29) is 25.4 Å². The van der Waals surface area contributed by atoms with Crippen molar-refractivity contribution in [1.82, 2.24) is 4.57 Å². The van der Waals surface area contributed by atoms with E-state index < -0.39 is 29.4 Å². The summed E-state index contributed by atoms with van der Waals surface area (Å²) < 4.78 is 33.8. The zero-order chi connectivity index (χ0) is 31.4. The smallest absolute Gasteiger partial charge is 0.344 e. The molecule has 226 valence electrons. The van der Waals surface area contributed by atoms with Crippen LogP contribution in [0.1, 0.15) is 36.6 Å². The topological polar surface area (TPSA) is 96.2 Å². The lowest BCUT2D eigenvalue weighted by molar-refractivity contribution is -0.145. The maximum Gasteiger partial charge on any atom is 0.344 e. The first-order chi connectivity index (χ1) is 21.2. The Morgan fingerprint density at radius 3 is 2.41 bits per heavy atom. The number of thiazole rings is 1. The first kappa shape index (κ1) is 32.0. The van der Waals surface area contributed by atoms with Gasteiger partial charge in [0, 0.05) is 14.7 Å². The monoisotopic (exact) mass is 838 g/mol. The number of fused-ring (bicyclic) bond motifs is 1. The van der Waals surface area contributed by atoms with Gasteiger partial charge in [0.15, 0.2) is 11.4 Å². The fraction of sp³-hybridized carbons (Fsp3) is 0.188. The molecule has 0 saturated carbocycles. The number of carbonyl (C=O) groups is 2. The van der Waals surface area contributed by atoms with Crippen LogP contribution in [0, 0.1) is 13.0 Å². The summed E-state index contributed by atoms with van der Waals surface area (Å²) in [5.74, 6) is -1.15. The van der Waals surface area contributed by atoms with E-state index in [0.717, 1.165) is 18.5 Å². The Bertz CT molecular complexity index is 1940. The molecule has 0 radical (unpaired) electrons. The summed E-state index contributed by atoms with van der Waals surface area (Å²) in [5.41, 5.74) is 1.92. The molecular weight excluding hydrogens is 813 g/mol. The van der Waals surface area contributed by atoms with Gasteiger partial charge in [0.05, 0.1) is 38.6 Å². The van der Waals surface area contributed by atoms with E-state index in [9.17, 15) is 18.8 Å². The maximum atomic E-state index is 14.2. The Hall–Kier alpha value is -3.37. The van der Waals surface area contributed by atoms with Gasteiger partial charge < -0.3 is 14.2 Å².